The summed E-state index contributed by atoms with van der Waals surface area (Å²) in [5, 5.41) is 3.53. The molecule has 94 valence electrons. The Kier molecular flexibility index (Phi) is 3.09. The molecule has 2 aliphatic rings. The summed E-state index contributed by atoms with van der Waals surface area (Å²) in [4.78, 5) is 0. The summed E-state index contributed by atoms with van der Waals surface area (Å²) in [6.07, 6.45) is 5.40. The maximum Gasteiger partial charge on any atom is 0.0677 e. The van der Waals surface area contributed by atoms with E-state index in [-0.39, 0.29) is 11.2 Å². The molecule has 0 aromatic heterocycles. The van der Waals surface area contributed by atoms with Crippen molar-refractivity contribution in [3.63, 3.8) is 0 Å². The fourth-order valence-corrected chi connectivity index (χ4v) is 3.43. The van der Waals surface area contributed by atoms with E-state index in [1.54, 1.807) is 0 Å². The van der Waals surface area contributed by atoms with E-state index < -0.39 is 0 Å². The van der Waals surface area contributed by atoms with Crippen LogP contribution in [0.3, 0.4) is 0 Å². The van der Waals surface area contributed by atoms with Crippen molar-refractivity contribution in [3.05, 3.63) is 0 Å². The molecule has 1 aliphatic carbocycles. The van der Waals surface area contributed by atoms with Gasteiger partial charge in [0.05, 0.1) is 11.2 Å². The highest BCUT2D eigenvalue weighted by atomic mass is 16.5. The molecular formula is C14H27NO. The first-order chi connectivity index (χ1) is 7.34. The average Bonchev–Trinajstić information content (AvgIpc) is 2.89. The maximum absolute atomic E-state index is 6.19. The third-order valence-electron chi connectivity index (χ3n) is 4.28. The summed E-state index contributed by atoms with van der Waals surface area (Å²) >= 11 is 0. The van der Waals surface area contributed by atoms with Crippen LogP contribution in [0.1, 0.15) is 53.4 Å². The predicted octanol–water partition coefficient (Wildman–Crippen LogP) is 2.97. The molecule has 1 heterocycles. The lowest BCUT2D eigenvalue weighted by molar-refractivity contribution is -0.0778. The lowest BCUT2D eigenvalue weighted by Crippen LogP contribution is -2.43. The molecule has 0 aromatic rings. The second kappa shape index (κ2) is 3.99. The van der Waals surface area contributed by atoms with Gasteiger partial charge in [0.1, 0.15) is 0 Å². The summed E-state index contributed by atoms with van der Waals surface area (Å²) in [6, 6.07) is 0.629. The predicted molar refractivity (Wildman–Crippen MR) is 67.5 cm³/mol. The standard InChI is InChI=1S/C14H27NO/c1-13(2)9-11(14(3,4)16-13)12(15-5)8-10-6-7-10/h10-12,15H,6-9H2,1-5H3. The van der Waals surface area contributed by atoms with Crippen LogP contribution in [0.4, 0.5) is 0 Å². The second-order valence-electron chi connectivity index (χ2n) is 6.85. The number of hydrogen-bond acceptors (Lipinski definition) is 2. The van der Waals surface area contributed by atoms with Crippen molar-refractivity contribution in [2.24, 2.45) is 11.8 Å². The van der Waals surface area contributed by atoms with Crippen LogP contribution < -0.4 is 5.32 Å². The van der Waals surface area contributed by atoms with Crippen molar-refractivity contribution in [1.29, 1.82) is 0 Å². The topological polar surface area (TPSA) is 21.3 Å². The molecule has 0 spiro atoms. The first-order valence-electron chi connectivity index (χ1n) is 6.71. The smallest absolute Gasteiger partial charge is 0.0677 e. The van der Waals surface area contributed by atoms with E-state index in [4.69, 9.17) is 4.74 Å². The molecule has 1 saturated heterocycles. The largest absolute Gasteiger partial charge is 0.369 e. The zero-order valence-electron chi connectivity index (χ0n) is 11.5. The highest BCUT2D eigenvalue weighted by Crippen LogP contribution is 2.46. The Morgan fingerprint density at radius 3 is 2.25 bits per heavy atom. The highest BCUT2D eigenvalue weighted by Gasteiger charge is 2.49. The minimum atomic E-state index is 0.0199. The van der Waals surface area contributed by atoms with E-state index in [1.807, 2.05) is 0 Å². The summed E-state index contributed by atoms with van der Waals surface area (Å²) in [7, 11) is 2.11. The van der Waals surface area contributed by atoms with Crippen LogP contribution in [0, 0.1) is 11.8 Å². The van der Waals surface area contributed by atoms with Gasteiger partial charge in [-0.2, -0.15) is 0 Å². The Labute approximate surface area is 100 Å². The second-order valence-corrected chi connectivity index (χ2v) is 6.85. The fraction of sp³-hybridized carbons (Fsp3) is 1.00. The van der Waals surface area contributed by atoms with Crippen molar-refractivity contribution in [2.75, 3.05) is 7.05 Å². The van der Waals surface area contributed by atoms with E-state index in [0.29, 0.717) is 12.0 Å². The summed E-state index contributed by atoms with van der Waals surface area (Å²) in [5.74, 6) is 1.63. The number of hydrogen-bond donors (Lipinski definition) is 1. The van der Waals surface area contributed by atoms with Crippen molar-refractivity contribution < 1.29 is 4.74 Å². The Morgan fingerprint density at radius 2 is 1.88 bits per heavy atom. The van der Waals surface area contributed by atoms with Crippen molar-refractivity contribution >= 4 is 0 Å². The summed E-state index contributed by atoms with van der Waals surface area (Å²) < 4.78 is 6.19. The quantitative estimate of drug-likeness (QED) is 0.794. The third kappa shape index (κ3) is 2.60. The molecule has 2 unspecified atom stereocenters. The van der Waals surface area contributed by atoms with E-state index in [2.05, 4.69) is 40.1 Å². The SMILES string of the molecule is CNC(CC1CC1)C1CC(C)(C)OC1(C)C. The molecule has 2 atom stereocenters. The highest BCUT2D eigenvalue weighted by molar-refractivity contribution is 5.00. The molecule has 0 bridgehead atoms. The van der Waals surface area contributed by atoms with Gasteiger partial charge in [-0.05, 0) is 53.5 Å². The van der Waals surface area contributed by atoms with Crippen LogP contribution in [0.5, 0.6) is 0 Å². The van der Waals surface area contributed by atoms with Gasteiger partial charge in [-0.3, -0.25) is 0 Å². The van der Waals surface area contributed by atoms with Gasteiger partial charge in [0.2, 0.25) is 0 Å². The molecule has 0 radical (unpaired) electrons. The first kappa shape index (κ1) is 12.4. The van der Waals surface area contributed by atoms with Gasteiger partial charge in [0.25, 0.3) is 0 Å². The maximum atomic E-state index is 6.19. The molecule has 0 aromatic carbocycles. The molecule has 2 rings (SSSR count). The summed E-state index contributed by atoms with van der Waals surface area (Å²) in [6.45, 7) is 8.95. The van der Waals surface area contributed by atoms with Crippen molar-refractivity contribution in [3.8, 4) is 0 Å². The van der Waals surface area contributed by atoms with Gasteiger partial charge in [-0.25, -0.2) is 0 Å². The summed E-state index contributed by atoms with van der Waals surface area (Å²) in [5.41, 5.74) is 0.0683. The van der Waals surface area contributed by atoms with Gasteiger partial charge in [0.15, 0.2) is 0 Å². The van der Waals surface area contributed by atoms with Gasteiger partial charge in [-0.1, -0.05) is 12.8 Å². The lowest BCUT2D eigenvalue weighted by atomic mass is 9.80. The monoisotopic (exact) mass is 225 g/mol. The van der Waals surface area contributed by atoms with E-state index >= 15 is 0 Å². The lowest BCUT2D eigenvalue weighted by Gasteiger charge is -2.33. The number of rotatable bonds is 4. The molecule has 1 N–H and O–H groups in total. The molecular weight excluding hydrogens is 198 g/mol. The van der Waals surface area contributed by atoms with E-state index in [1.165, 1.54) is 25.7 Å². The average molecular weight is 225 g/mol. The van der Waals surface area contributed by atoms with Gasteiger partial charge in [0, 0.05) is 12.0 Å². The van der Waals surface area contributed by atoms with Crippen LogP contribution >= 0.6 is 0 Å². The molecule has 1 saturated carbocycles. The van der Waals surface area contributed by atoms with Gasteiger partial charge >= 0.3 is 0 Å². The zero-order valence-corrected chi connectivity index (χ0v) is 11.5. The Hall–Kier alpha value is -0.0800. The molecule has 2 fully saturated rings. The molecule has 1 aliphatic heterocycles. The molecule has 2 nitrogen and oxygen atoms in total. The Morgan fingerprint density at radius 1 is 1.25 bits per heavy atom. The molecule has 0 amide bonds. The van der Waals surface area contributed by atoms with Crippen LogP contribution in [-0.2, 0) is 4.74 Å². The van der Waals surface area contributed by atoms with Crippen LogP contribution in [0.15, 0.2) is 0 Å². The minimum absolute atomic E-state index is 0.0199. The number of ether oxygens (including phenoxy) is 1. The Balaban J connectivity index is 2.05. The van der Waals surface area contributed by atoms with Crippen molar-refractivity contribution in [1.82, 2.24) is 5.32 Å². The van der Waals surface area contributed by atoms with Crippen LogP contribution in [0.25, 0.3) is 0 Å². The van der Waals surface area contributed by atoms with Gasteiger partial charge in [-0.15, -0.1) is 0 Å². The molecule has 2 heteroatoms. The van der Waals surface area contributed by atoms with Gasteiger partial charge < -0.3 is 10.1 Å². The fourth-order valence-electron chi connectivity index (χ4n) is 3.43. The number of nitrogens with one attached hydrogen (secondary N) is 1. The van der Waals surface area contributed by atoms with Crippen LogP contribution in [0.2, 0.25) is 0 Å². The Bertz CT molecular complexity index is 255. The van der Waals surface area contributed by atoms with Crippen molar-refractivity contribution in [2.45, 2.75) is 70.6 Å². The zero-order chi connectivity index (χ0) is 12.0. The first-order valence-corrected chi connectivity index (χ1v) is 6.71. The normalized spacial score (nSPS) is 33.9. The molecule has 16 heavy (non-hydrogen) atoms. The van der Waals surface area contributed by atoms with E-state index in [0.717, 1.165) is 5.92 Å². The third-order valence-corrected chi connectivity index (χ3v) is 4.28. The van der Waals surface area contributed by atoms with E-state index in [9.17, 15) is 0 Å². The van der Waals surface area contributed by atoms with Crippen LogP contribution in [-0.4, -0.2) is 24.3 Å². The minimum Gasteiger partial charge on any atom is -0.369 e.